The van der Waals surface area contributed by atoms with Crippen molar-refractivity contribution >= 4 is 38.0 Å². The Morgan fingerprint density at radius 2 is 1.72 bits per heavy atom. The van der Waals surface area contributed by atoms with E-state index in [1.165, 1.54) is 0 Å². The van der Waals surface area contributed by atoms with Gasteiger partial charge in [-0.15, -0.1) is 0 Å². The van der Waals surface area contributed by atoms with E-state index in [1.54, 1.807) is 11.1 Å². The predicted octanol–water partition coefficient (Wildman–Crippen LogP) is 4.17. The van der Waals surface area contributed by atoms with Gasteiger partial charge in [0.15, 0.2) is 0 Å². The lowest BCUT2D eigenvalue weighted by atomic mass is 9.84. The molecule has 2 N–H and O–H groups in total. The minimum atomic E-state index is -0.511. The average molecular weight is 475 g/mol. The number of imidazole rings is 2. The van der Waals surface area contributed by atoms with Crippen LogP contribution in [0.15, 0.2) is 21.6 Å². The van der Waals surface area contributed by atoms with Crippen molar-refractivity contribution in [3.8, 4) is 0 Å². The Kier molecular flexibility index (Phi) is 5.24. The molecule has 2 aromatic heterocycles. The number of carbonyl (C=O) groups excluding carboxylic acids is 1. The molecule has 7 nitrogen and oxygen atoms in total. The number of nitrogens with zero attached hydrogens (tertiary/aromatic N) is 3. The summed E-state index contributed by atoms with van der Waals surface area (Å²) in [4.78, 5) is 29.7. The molecule has 0 radical (unpaired) electrons. The standard InChI is InChI=1S/C16H21Br2N5O2/c1-16(2,3)25-15(24)23-5-4-9(13-19-6-11(17)21-13)10(8-23)14-20-7-12(18)22-14/h6-7,9-10H,4-5,8H2,1-3H3,(H,19,21)(H,20,22). The Morgan fingerprint density at radius 3 is 2.20 bits per heavy atom. The van der Waals surface area contributed by atoms with Gasteiger partial charge in [-0.2, -0.15) is 0 Å². The molecule has 3 rings (SSSR count). The van der Waals surface area contributed by atoms with Crippen molar-refractivity contribution in [2.45, 2.75) is 44.6 Å². The number of amides is 1. The zero-order valence-electron chi connectivity index (χ0n) is 14.3. The van der Waals surface area contributed by atoms with Gasteiger partial charge in [0.2, 0.25) is 0 Å². The van der Waals surface area contributed by atoms with Gasteiger partial charge in [-0.05, 0) is 59.1 Å². The lowest BCUT2D eigenvalue weighted by molar-refractivity contribution is 0.0179. The van der Waals surface area contributed by atoms with E-state index in [-0.39, 0.29) is 17.9 Å². The second-order valence-electron chi connectivity index (χ2n) is 7.14. The van der Waals surface area contributed by atoms with E-state index in [0.717, 1.165) is 27.3 Å². The number of piperidine rings is 1. The molecule has 0 saturated carbocycles. The first-order valence-electron chi connectivity index (χ1n) is 8.12. The lowest BCUT2D eigenvalue weighted by Gasteiger charge is -2.37. The van der Waals surface area contributed by atoms with Gasteiger partial charge in [0.1, 0.15) is 26.5 Å². The number of halogens is 2. The highest BCUT2D eigenvalue weighted by atomic mass is 79.9. The number of hydrogen-bond donors (Lipinski definition) is 2. The number of aromatic nitrogens is 4. The lowest BCUT2D eigenvalue weighted by Crippen LogP contribution is -2.44. The largest absolute Gasteiger partial charge is 0.444 e. The van der Waals surface area contributed by atoms with E-state index >= 15 is 0 Å². The maximum Gasteiger partial charge on any atom is 0.410 e. The van der Waals surface area contributed by atoms with E-state index in [2.05, 4.69) is 51.8 Å². The Hall–Kier alpha value is -1.35. The van der Waals surface area contributed by atoms with Crippen LogP contribution in [0.4, 0.5) is 4.79 Å². The van der Waals surface area contributed by atoms with Crippen LogP contribution in [0.25, 0.3) is 0 Å². The number of carbonyl (C=O) groups is 1. The van der Waals surface area contributed by atoms with Crippen molar-refractivity contribution in [1.29, 1.82) is 0 Å². The fourth-order valence-electron chi connectivity index (χ4n) is 3.05. The van der Waals surface area contributed by atoms with Crippen LogP contribution in [0, 0.1) is 0 Å². The van der Waals surface area contributed by atoms with Gasteiger partial charge < -0.3 is 19.6 Å². The third-order valence-corrected chi connectivity index (χ3v) is 4.91. The van der Waals surface area contributed by atoms with Crippen molar-refractivity contribution in [3.05, 3.63) is 33.2 Å². The normalized spacial score (nSPS) is 21.4. The van der Waals surface area contributed by atoms with E-state index < -0.39 is 5.60 Å². The van der Waals surface area contributed by atoms with Crippen LogP contribution in [0.2, 0.25) is 0 Å². The van der Waals surface area contributed by atoms with Crippen LogP contribution in [0.1, 0.15) is 50.7 Å². The van der Waals surface area contributed by atoms with Crippen molar-refractivity contribution in [3.63, 3.8) is 0 Å². The van der Waals surface area contributed by atoms with E-state index in [9.17, 15) is 4.79 Å². The van der Waals surface area contributed by atoms with Crippen LogP contribution in [0.5, 0.6) is 0 Å². The van der Waals surface area contributed by atoms with Crippen molar-refractivity contribution < 1.29 is 9.53 Å². The number of likely N-dealkylation sites (tertiary alicyclic amines) is 1. The molecule has 2 atom stereocenters. The van der Waals surface area contributed by atoms with Crippen LogP contribution < -0.4 is 0 Å². The van der Waals surface area contributed by atoms with Crippen LogP contribution in [-0.4, -0.2) is 49.6 Å². The van der Waals surface area contributed by atoms with Gasteiger partial charge in [-0.25, -0.2) is 14.8 Å². The zero-order chi connectivity index (χ0) is 18.2. The highest BCUT2D eigenvalue weighted by Crippen LogP contribution is 2.38. The first-order chi connectivity index (χ1) is 11.7. The third kappa shape index (κ3) is 4.44. The highest BCUT2D eigenvalue weighted by molar-refractivity contribution is 9.10. The van der Waals surface area contributed by atoms with Gasteiger partial charge in [-0.1, -0.05) is 0 Å². The molecule has 3 heterocycles. The molecule has 0 aromatic carbocycles. The fraction of sp³-hybridized carbons (Fsp3) is 0.562. The highest BCUT2D eigenvalue weighted by Gasteiger charge is 2.38. The molecular weight excluding hydrogens is 454 g/mol. The van der Waals surface area contributed by atoms with Crippen molar-refractivity contribution in [2.75, 3.05) is 13.1 Å². The molecule has 1 aliphatic rings. The van der Waals surface area contributed by atoms with Crippen LogP contribution in [-0.2, 0) is 4.74 Å². The molecule has 25 heavy (non-hydrogen) atoms. The fourth-order valence-corrected chi connectivity index (χ4v) is 3.67. The van der Waals surface area contributed by atoms with Gasteiger partial charge >= 0.3 is 6.09 Å². The topological polar surface area (TPSA) is 86.9 Å². The number of nitrogens with one attached hydrogen (secondary N) is 2. The van der Waals surface area contributed by atoms with Crippen molar-refractivity contribution in [2.24, 2.45) is 0 Å². The maximum absolute atomic E-state index is 12.5. The Morgan fingerprint density at radius 1 is 1.16 bits per heavy atom. The molecule has 0 bridgehead atoms. The Labute approximate surface area is 163 Å². The second-order valence-corrected chi connectivity index (χ2v) is 8.77. The zero-order valence-corrected chi connectivity index (χ0v) is 17.5. The van der Waals surface area contributed by atoms with Gasteiger partial charge in [-0.3, -0.25) is 0 Å². The Bertz CT molecular complexity index is 752. The number of hydrogen-bond acceptors (Lipinski definition) is 4. The molecular formula is C16H21Br2N5O2. The molecule has 136 valence electrons. The number of ether oxygens (including phenoxy) is 1. The summed E-state index contributed by atoms with van der Waals surface area (Å²) in [6, 6.07) is 0. The van der Waals surface area contributed by atoms with Gasteiger partial charge in [0, 0.05) is 37.3 Å². The van der Waals surface area contributed by atoms with E-state index in [4.69, 9.17) is 4.74 Å². The van der Waals surface area contributed by atoms with Crippen LogP contribution in [0.3, 0.4) is 0 Å². The molecule has 1 amide bonds. The summed E-state index contributed by atoms with van der Waals surface area (Å²) in [6.07, 6.45) is 4.12. The number of rotatable bonds is 2. The van der Waals surface area contributed by atoms with Gasteiger partial charge in [0.05, 0.1) is 0 Å². The first-order valence-corrected chi connectivity index (χ1v) is 9.71. The molecule has 0 aliphatic carbocycles. The molecule has 2 aromatic rings. The molecule has 2 unspecified atom stereocenters. The minimum Gasteiger partial charge on any atom is -0.444 e. The smallest absolute Gasteiger partial charge is 0.410 e. The molecule has 1 fully saturated rings. The predicted molar refractivity (Wildman–Crippen MR) is 100 cm³/mol. The molecule has 9 heteroatoms. The van der Waals surface area contributed by atoms with E-state index in [1.807, 2.05) is 27.0 Å². The molecule has 1 aliphatic heterocycles. The number of aromatic amines is 2. The number of H-pyrrole nitrogens is 2. The summed E-state index contributed by atoms with van der Waals surface area (Å²) in [6.45, 7) is 6.77. The summed E-state index contributed by atoms with van der Waals surface area (Å²) in [5, 5.41) is 0. The SMILES string of the molecule is CC(C)(C)OC(=O)N1CCC(c2nc(Br)c[nH]2)C(c2nc(Br)c[nH]2)C1. The molecule has 0 spiro atoms. The summed E-state index contributed by atoms with van der Waals surface area (Å²) >= 11 is 6.77. The van der Waals surface area contributed by atoms with E-state index in [0.29, 0.717) is 13.1 Å². The van der Waals surface area contributed by atoms with Gasteiger partial charge in [0.25, 0.3) is 0 Å². The first kappa shape index (κ1) is 18.4. The second kappa shape index (κ2) is 7.11. The Balaban J connectivity index is 1.84. The van der Waals surface area contributed by atoms with Crippen LogP contribution >= 0.6 is 31.9 Å². The summed E-state index contributed by atoms with van der Waals surface area (Å²) in [5.41, 5.74) is -0.511. The minimum absolute atomic E-state index is 0.00520. The summed E-state index contributed by atoms with van der Waals surface area (Å²) in [7, 11) is 0. The van der Waals surface area contributed by atoms with Crippen molar-refractivity contribution in [1.82, 2.24) is 24.8 Å². The molecule has 1 saturated heterocycles. The summed E-state index contributed by atoms with van der Waals surface area (Å²) < 4.78 is 7.05. The quantitative estimate of drug-likeness (QED) is 0.683. The summed E-state index contributed by atoms with van der Waals surface area (Å²) in [5.74, 6) is 1.87. The average Bonchev–Trinajstić information content (AvgIpc) is 3.13. The third-order valence-electron chi connectivity index (χ3n) is 4.10. The maximum atomic E-state index is 12.5. The monoisotopic (exact) mass is 473 g/mol.